The first-order valence-corrected chi connectivity index (χ1v) is 7.15. The Morgan fingerprint density at radius 3 is 2.71 bits per heavy atom. The molecule has 1 atom stereocenters. The lowest BCUT2D eigenvalue weighted by molar-refractivity contribution is 0.123. The zero-order valence-corrected chi connectivity index (χ0v) is 11.5. The molecule has 1 rings (SSSR count). The van der Waals surface area contributed by atoms with Gasteiger partial charge in [0.1, 0.15) is 0 Å². The van der Waals surface area contributed by atoms with Crippen molar-refractivity contribution in [2.24, 2.45) is 5.92 Å². The number of anilines is 1. The second kappa shape index (κ2) is 6.77. The third-order valence-electron chi connectivity index (χ3n) is 2.37. The normalized spacial score (nSPS) is 12.9. The van der Waals surface area contributed by atoms with Gasteiger partial charge in [0.25, 0.3) is 0 Å². The first-order valence-electron chi connectivity index (χ1n) is 5.83. The van der Waals surface area contributed by atoms with Crippen LogP contribution >= 0.6 is 0 Å². The molecule has 0 fully saturated rings. The number of hydrogen-bond acceptors (Lipinski definition) is 3. The summed E-state index contributed by atoms with van der Waals surface area (Å²) in [6.07, 6.45) is 0. The van der Waals surface area contributed by atoms with Gasteiger partial charge in [-0.15, -0.1) is 0 Å². The van der Waals surface area contributed by atoms with E-state index in [-0.39, 0.29) is 0 Å². The summed E-state index contributed by atoms with van der Waals surface area (Å²) >= 11 is 0. The fraction of sp³-hybridized carbons (Fsp3) is 0.538. The molecule has 0 heterocycles. The van der Waals surface area contributed by atoms with Gasteiger partial charge < -0.3 is 10.5 Å². The van der Waals surface area contributed by atoms with Crippen LogP contribution in [0.3, 0.4) is 0 Å². The summed E-state index contributed by atoms with van der Waals surface area (Å²) in [6.45, 7) is 7.37. The van der Waals surface area contributed by atoms with Crippen molar-refractivity contribution in [2.45, 2.75) is 25.7 Å². The summed E-state index contributed by atoms with van der Waals surface area (Å²) in [7, 11) is -0.997. The van der Waals surface area contributed by atoms with Crippen LogP contribution in [0.15, 0.2) is 23.1 Å². The Balaban J connectivity index is 2.44. The average molecular weight is 255 g/mol. The lowest BCUT2D eigenvalue weighted by Gasteiger charge is -2.08. The minimum Gasteiger partial charge on any atom is -0.399 e. The van der Waals surface area contributed by atoms with Gasteiger partial charge in [0.2, 0.25) is 0 Å². The van der Waals surface area contributed by atoms with Crippen LogP contribution in [0.1, 0.15) is 19.4 Å². The highest BCUT2D eigenvalue weighted by atomic mass is 32.2. The van der Waals surface area contributed by atoms with Crippen molar-refractivity contribution in [2.75, 3.05) is 24.7 Å². The fourth-order valence-corrected chi connectivity index (χ4v) is 2.39. The number of nitrogens with two attached hydrogens (primary N) is 1. The molecule has 0 saturated heterocycles. The van der Waals surface area contributed by atoms with Gasteiger partial charge in [-0.2, -0.15) is 0 Å². The second-order valence-corrected chi connectivity index (χ2v) is 6.11. The zero-order valence-electron chi connectivity index (χ0n) is 10.7. The maximum Gasteiger partial charge on any atom is 0.0585 e. The molecule has 96 valence electrons. The first-order chi connectivity index (χ1) is 8.00. The maximum absolute atomic E-state index is 11.9. The van der Waals surface area contributed by atoms with Crippen LogP contribution in [-0.4, -0.2) is 23.2 Å². The highest BCUT2D eigenvalue weighted by Crippen LogP contribution is 2.15. The van der Waals surface area contributed by atoms with Gasteiger partial charge in [-0.3, -0.25) is 4.21 Å². The third kappa shape index (κ3) is 4.88. The topological polar surface area (TPSA) is 52.3 Å². The molecule has 0 spiro atoms. The second-order valence-electron chi connectivity index (χ2n) is 4.54. The minimum absolute atomic E-state index is 0.516. The zero-order chi connectivity index (χ0) is 12.8. The van der Waals surface area contributed by atoms with E-state index >= 15 is 0 Å². The Labute approximate surface area is 106 Å². The largest absolute Gasteiger partial charge is 0.399 e. The Morgan fingerprint density at radius 1 is 1.41 bits per heavy atom. The van der Waals surface area contributed by atoms with Gasteiger partial charge in [0, 0.05) is 17.2 Å². The van der Waals surface area contributed by atoms with Crippen molar-refractivity contribution in [3.05, 3.63) is 23.8 Å². The number of nitrogen functional groups attached to an aromatic ring is 1. The van der Waals surface area contributed by atoms with Gasteiger partial charge in [-0.05, 0) is 36.6 Å². The van der Waals surface area contributed by atoms with Crippen molar-refractivity contribution in [3.63, 3.8) is 0 Å². The van der Waals surface area contributed by atoms with Crippen molar-refractivity contribution >= 4 is 16.5 Å². The first kappa shape index (κ1) is 14.2. The van der Waals surface area contributed by atoms with Crippen molar-refractivity contribution in [3.8, 4) is 0 Å². The molecule has 0 saturated carbocycles. The van der Waals surface area contributed by atoms with E-state index in [0.29, 0.717) is 18.3 Å². The van der Waals surface area contributed by atoms with Crippen molar-refractivity contribution in [1.29, 1.82) is 0 Å². The van der Waals surface area contributed by atoms with E-state index in [2.05, 4.69) is 13.8 Å². The fourth-order valence-electron chi connectivity index (χ4n) is 1.36. The molecule has 17 heavy (non-hydrogen) atoms. The molecule has 0 aliphatic heterocycles. The van der Waals surface area contributed by atoms with Crippen LogP contribution in [-0.2, 0) is 15.5 Å². The Hall–Kier alpha value is -0.870. The van der Waals surface area contributed by atoms with Gasteiger partial charge in [0.05, 0.1) is 23.2 Å². The molecule has 3 nitrogen and oxygen atoms in total. The molecular weight excluding hydrogens is 234 g/mol. The van der Waals surface area contributed by atoms with E-state index in [0.717, 1.165) is 22.8 Å². The quantitative estimate of drug-likeness (QED) is 0.627. The molecule has 0 aromatic heterocycles. The van der Waals surface area contributed by atoms with E-state index < -0.39 is 10.8 Å². The van der Waals surface area contributed by atoms with Gasteiger partial charge in [-0.1, -0.05) is 13.8 Å². The van der Waals surface area contributed by atoms with E-state index in [1.165, 1.54) is 0 Å². The molecule has 2 N–H and O–H groups in total. The third-order valence-corrected chi connectivity index (χ3v) is 3.69. The van der Waals surface area contributed by atoms with Gasteiger partial charge >= 0.3 is 0 Å². The van der Waals surface area contributed by atoms with E-state index in [4.69, 9.17) is 10.5 Å². The molecule has 0 amide bonds. The van der Waals surface area contributed by atoms with Crippen LogP contribution in [0.25, 0.3) is 0 Å². The summed E-state index contributed by atoms with van der Waals surface area (Å²) < 4.78 is 17.4. The number of aryl methyl sites for hydroxylation is 1. The standard InChI is InChI=1S/C13H21NO2S/c1-10(2)9-16-6-7-17(15)12-4-5-13(14)11(3)8-12/h4-5,8,10H,6-7,9,14H2,1-3H3. The van der Waals surface area contributed by atoms with Crippen LogP contribution in [0, 0.1) is 12.8 Å². The lowest BCUT2D eigenvalue weighted by Crippen LogP contribution is -2.10. The van der Waals surface area contributed by atoms with Crippen molar-refractivity contribution < 1.29 is 8.95 Å². The number of ether oxygens (including phenoxy) is 1. The molecule has 1 aromatic carbocycles. The summed E-state index contributed by atoms with van der Waals surface area (Å²) in [5.41, 5.74) is 7.43. The molecule has 0 aliphatic rings. The summed E-state index contributed by atoms with van der Waals surface area (Å²) in [5, 5.41) is 0. The number of hydrogen-bond donors (Lipinski definition) is 1. The summed E-state index contributed by atoms with van der Waals surface area (Å²) in [6, 6.07) is 5.51. The molecule has 4 heteroatoms. The van der Waals surface area contributed by atoms with Crippen LogP contribution in [0.4, 0.5) is 5.69 Å². The summed E-state index contributed by atoms with van der Waals surface area (Å²) in [5.74, 6) is 1.05. The molecular formula is C13H21NO2S. The average Bonchev–Trinajstić information content (AvgIpc) is 2.27. The van der Waals surface area contributed by atoms with Gasteiger partial charge in [-0.25, -0.2) is 0 Å². The van der Waals surface area contributed by atoms with Crippen LogP contribution < -0.4 is 5.73 Å². The van der Waals surface area contributed by atoms with E-state index in [1.54, 1.807) is 6.07 Å². The number of rotatable bonds is 6. The molecule has 0 radical (unpaired) electrons. The van der Waals surface area contributed by atoms with Crippen LogP contribution in [0.5, 0.6) is 0 Å². The molecule has 1 unspecified atom stereocenters. The predicted molar refractivity (Wildman–Crippen MR) is 72.5 cm³/mol. The lowest BCUT2D eigenvalue weighted by atomic mass is 10.2. The molecule has 0 aliphatic carbocycles. The minimum atomic E-state index is -0.997. The molecule has 1 aromatic rings. The molecule has 0 bridgehead atoms. The highest BCUT2D eigenvalue weighted by Gasteiger charge is 2.05. The van der Waals surface area contributed by atoms with Crippen molar-refractivity contribution in [1.82, 2.24) is 0 Å². The predicted octanol–water partition coefficient (Wildman–Crippen LogP) is 2.36. The highest BCUT2D eigenvalue weighted by molar-refractivity contribution is 7.85. The van der Waals surface area contributed by atoms with E-state index in [9.17, 15) is 4.21 Å². The maximum atomic E-state index is 11.9. The Morgan fingerprint density at radius 2 is 2.12 bits per heavy atom. The SMILES string of the molecule is Cc1cc(S(=O)CCOCC(C)C)ccc1N. The summed E-state index contributed by atoms with van der Waals surface area (Å²) in [4.78, 5) is 0.824. The number of benzene rings is 1. The Bertz CT molecular complexity index is 391. The van der Waals surface area contributed by atoms with Crippen LogP contribution in [0.2, 0.25) is 0 Å². The van der Waals surface area contributed by atoms with E-state index in [1.807, 2.05) is 19.1 Å². The van der Waals surface area contributed by atoms with Gasteiger partial charge in [0.15, 0.2) is 0 Å². The smallest absolute Gasteiger partial charge is 0.0585 e. The monoisotopic (exact) mass is 255 g/mol. The Kier molecular flexibility index (Phi) is 5.65.